The van der Waals surface area contributed by atoms with Gasteiger partial charge in [0.1, 0.15) is 11.4 Å². The minimum Gasteiger partial charge on any atom is -0.323 e. The van der Waals surface area contributed by atoms with Crippen molar-refractivity contribution in [3.05, 3.63) is 35.6 Å². The third-order valence-corrected chi connectivity index (χ3v) is 3.94. The van der Waals surface area contributed by atoms with Gasteiger partial charge in [0.15, 0.2) is 0 Å². The Hall–Kier alpha value is -1.89. The number of hydrogen-bond acceptors (Lipinski definition) is 2. The van der Waals surface area contributed by atoms with Gasteiger partial charge in [0.2, 0.25) is 0 Å². The maximum Gasteiger partial charge on any atom is 0.257 e. The van der Waals surface area contributed by atoms with Crippen LogP contribution in [0.4, 0.5) is 4.39 Å². The Morgan fingerprint density at radius 2 is 1.95 bits per heavy atom. The van der Waals surface area contributed by atoms with Gasteiger partial charge in [-0.2, -0.15) is 5.26 Å². The summed E-state index contributed by atoms with van der Waals surface area (Å²) < 4.78 is 13.7. The van der Waals surface area contributed by atoms with E-state index in [2.05, 4.69) is 6.07 Å². The highest BCUT2D eigenvalue weighted by molar-refractivity contribution is 5.95. The van der Waals surface area contributed by atoms with Crippen molar-refractivity contribution in [1.29, 1.82) is 5.26 Å². The van der Waals surface area contributed by atoms with E-state index in [4.69, 9.17) is 0 Å². The van der Waals surface area contributed by atoms with Gasteiger partial charge in [0.05, 0.1) is 11.6 Å². The van der Waals surface area contributed by atoms with E-state index in [-0.39, 0.29) is 5.56 Å². The van der Waals surface area contributed by atoms with Gasteiger partial charge in [-0.3, -0.25) is 4.79 Å². The molecule has 0 bridgehead atoms. The van der Waals surface area contributed by atoms with E-state index in [0.717, 1.165) is 19.3 Å². The molecule has 4 heteroatoms. The van der Waals surface area contributed by atoms with E-state index in [1.807, 2.05) is 0 Å². The first-order chi connectivity index (χ1) is 9.10. The molecule has 0 atom stereocenters. The summed E-state index contributed by atoms with van der Waals surface area (Å²) in [5, 5.41) is 9.44. The number of carbonyl (C=O) groups is 1. The maximum atomic E-state index is 13.7. The van der Waals surface area contributed by atoms with Gasteiger partial charge in [0, 0.05) is 7.05 Å². The molecule has 0 heterocycles. The van der Waals surface area contributed by atoms with Gasteiger partial charge < -0.3 is 4.90 Å². The van der Waals surface area contributed by atoms with Gasteiger partial charge >= 0.3 is 0 Å². The summed E-state index contributed by atoms with van der Waals surface area (Å²) in [4.78, 5) is 13.8. The molecule has 0 aromatic heterocycles. The van der Waals surface area contributed by atoms with Gasteiger partial charge in [-0.25, -0.2) is 4.39 Å². The van der Waals surface area contributed by atoms with Crippen molar-refractivity contribution >= 4 is 5.91 Å². The largest absolute Gasteiger partial charge is 0.323 e. The number of hydrogen-bond donors (Lipinski definition) is 0. The first-order valence-electron chi connectivity index (χ1n) is 6.55. The zero-order valence-electron chi connectivity index (χ0n) is 11.0. The molecule has 0 spiro atoms. The number of rotatable bonds is 2. The van der Waals surface area contributed by atoms with Crippen molar-refractivity contribution in [3.63, 3.8) is 0 Å². The van der Waals surface area contributed by atoms with E-state index in [1.165, 1.54) is 17.0 Å². The average molecular weight is 260 g/mol. The molecule has 0 unspecified atom stereocenters. The van der Waals surface area contributed by atoms with Gasteiger partial charge in [-0.05, 0) is 25.0 Å². The number of amides is 1. The number of nitrogens with zero attached hydrogens (tertiary/aromatic N) is 2. The molecule has 1 fully saturated rings. The molecule has 1 aromatic rings. The van der Waals surface area contributed by atoms with E-state index in [0.29, 0.717) is 12.8 Å². The van der Waals surface area contributed by atoms with Crippen LogP contribution in [-0.4, -0.2) is 23.4 Å². The number of benzene rings is 1. The first-order valence-corrected chi connectivity index (χ1v) is 6.55. The third kappa shape index (κ3) is 2.46. The van der Waals surface area contributed by atoms with Crippen LogP contribution in [0.5, 0.6) is 0 Å². The minimum atomic E-state index is -0.780. The fraction of sp³-hybridized carbons (Fsp3) is 0.467. The van der Waals surface area contributed by atoms with Crippen LogP contribution in [0.3, 0.4) is 0 Å². The molecule has 19 heavy (non-hydrogen) atoms. The van der Waals surface area contributed by atoms with Crippen molar-refractivity contribution in [2.75, 3.05) is 7.05 Å². The second-order valence-electron chi connectivity index (χ2n) is 5.05. The smallest absolute Gasteiger partial charge is 0.257 e. The Bertz CT molecular complexity index is 515. The molecular weight excluding hydrogens is 243 g/mol. The predicted octanol–water partition coefficient (Wildman–Crippen LogP) is 3.12. The molecule has 1 saturated carbocycles. The van der Waals surface area contributed by atoms with Crippen molar-refractivity contribution < 1.29 is 9.18 Å². The summed E-state index contributed by atoms with van der Waals surface area (Å²) in [7, 11) is 1.60. The second-order valence-corrected chi connectivity index (χ2v) is 5.05. The van der Waals surface area contributed by atoms with Crippen molar-refractivity contribution in [1.82, 2.24) is 4.90 Å². The Morgan fingerprint density at radius 3 is 2.53 bits per heavy atom. The Kier molecular flexibility index (Phi) is 3.84. The van der Waals surface area contributed by atoms with Crippen LogP contribution in [-0.2, 0) is 0 Å². The van der Waals surface area contributed by atoms with E-state index in [9.17, 15) is 14.4 Å². The molecule has 1 aliphatic rings. The normalized spacial score (nSPS) is 17.5. The SMILES string of the molecule is CN(C(=O)c1ccccc1F)C1(C#N)CCCCC1. The van der Waals surface area contributed by atoms with E-state index < -0.39 is 17.3 Å². The van der Waals surface area contributed by atoms with Gasteiger partial charge in [-0.15, -0.1) is 0 Å². The Balaban J connectivity index is 2.28. The Morgan fingerprint density at radius 1 is 1.32 bits per heavy atom. The molecule has 0 saturated heterocycles. The van der Waals surface area contributed by atoms with Crippen LogP contribution in [0.1, 0.15) is 42.5 Å². The zero-order chi connectivity index (χ0) is 13.9. The van der Waals surface area contributed by atoms with Crippen LogP contribution < -0.4 is 0 Å². The lowest BCUT2D eigenvalue weighted by Gasteiger charge is -2.39. The summed E-state index contributed by atoms with van der Waals surface area (Å²) >= 11 is 0. The fourth-order valence-electron chi connectivity index (χ4n) is 2.67. The third-order valence-electron chi connectivity index (χ3n) is 3.94. The van der Waals surface area contributed by atoms with E-state index in [1.54, 1.807) is 19.2 Å². The van der Waals surface area contributed by atoms with Crippen molar-refractivity contribution in [2.45, 2.75) is 37.6 Å². The molecule has 1 aromatic carbocycles. The average Bonchev–Trinajstić information content (AvgIpc) is 2.47. The molecule has 0 radical (unpaired) electrons. The summed E-state index contributed by atoms with van der Waals surface area (Å²) in [6.45, 7) is 0. The number of nitriles is 1. The lowest BCUT2D eigenvalue weighted by atomic mass is 9.81. The standard InChI is InChI=1S/C15H17FN2O/c1-18(15(11-17)9-5-2-6-10-15)14(19)12-7-3-4-8-13(12)16/h3-4,7-8H,2,5-6,9-10H2,1H3. The number of halogens is 1. The summed E-state index contributed by atoms with van der Waals surface area (Å²) in [6.07, 6.45) is 4.29. The lowest BCUT2D eigenvalue weighted by molar-refractivity contribution is 0.0584. The van der Waals surface area contributed by atoms with Crippen LogP contribution >= 0.6 is 0 Å². The fourth-order valence-corrected chi connectivity index (χ4v) is 2.67. The molecule has 0 N–H and O–H groups in total. The van der Waals surface area contributed by atoms with Gasteiger partial charge in [0.25, 0.3) is 5.91 Å². The number of carbonyl (C=O) groups excluding carboxylic acids is 1. The maximum absolute atomic E-state index is 13.7. The second kappa shape index (κ2) is 5.40. The van der Waals surface area contributed by atoms with Gasteiger partial charge in [-0.1, -0.05) is 31.4 Å². The monoisotopic (exact) mass is 260 g/mol. The molecule has 1 amide bonds. The van der Waals surface area contributed by atoms with Crippen LogP contribution in [0.15, 0.2) is 24.3 Å². The van der Waals surface area contributed by atoms with Crippen LogP contribution in [0, 0.1) is 17.1 Å². The molecule has 1 aliphatic carbocycles. The topological polar surface area (TPSA) is 44.1 Å². The summed E-state index contributed by atoms with van der Waals surface area (Å²) in [5.74, 6) is -0.954. The van der Waals surface area contributed by atoms with Crippen molar-refractivity contribution in [2.24, 2.45) is 0 Å². The van der Waals surface area contributed by atoms with Crippen molar-refractivity contribution in [3.8, 4) is 6.07 Å². The molecule has 3 nitrogen and oxygen atoms in total. The molecule has 100 valence electrons. The molecular formula is C15H17FN2O. The zero-order valence-corrected chi connectivity index (χ0v) is 11.0. The molecule has 0 aliphatic heterocycles. The highest BCUT2D eigenvalue weighted by Gasteiger charge is 2.39. The van der Waals surface area contributed by atoms with E-state index >= 15 is 0 Å². The first kappa shape index (κ1) is 13.5. The lowest BCUT2D eigenvalue weighted by Crippen LogP contribution is -2.50. The summed E-state index contributed by atoms with van der Waals surface area (Å²) in [6, 6.07) is 8.17. The highest BCUT2D eigenvalue weighted by atomic mass is 19.1. The predicted molar refractivity (Wildman–Crippen MR) is 69.9 cm³/mol. The Labute approximate surface area is 112 Å². The minimum absolute atomic E-state index is 0.0326. The quantitative estimate of drug-likeness (QED) is 0.820. The highest BCUT2D eigenvalue weighted by Crippen LogP contribution is 2.33. The summed E-state index contributed by atoms with van der Waals surface area (Å²) in [5.41, 5.74) is -0.748. The van der Waals surface area contributed by atoms with Crippen LogP contribution in [0.2, 0.25) is 0 Å². The van der Waals surface area contributed by atoms with Crippen LogP contribution in [0.25, 0.3) is 0 Å². The molecule has 2 rings (SSSR count).